The first kappa shape index (κ1) is 19.4. The quantitative estimate of drug-likeness (QED) is 0.497. The number of rotatable bonds is 5. The maximum Gasteiger partial charge on any atom is 0.309 e. The molecule has 1 saturated heterocycles. The number of furan rings is 1. The maximum absolute atomic E-state index is 12.7. The second-order valence-electron chi connectivity index (χ2n) is 7.18. The molecule has 0 spiro atoms. The van der Waals surface area contributed by atoms with E-state index in [2.05, 4.69) is 0 Å². The van der Waals surface area contributed by atoms with Crippen LogP contribution in [0.15, 0.2) is 28.9 Å². The second kappa shape index (κ2) is 7.46. The molecule has 0 radical (unpaired) electrons. The second-order valence-corrected chi connectivity index (χ2v) is 7.59. The Hall–Kier alpha value is -1.97. The van der Waals surface area contributed by atoms with Crippen LogP contribution in [0.2, 0.25) is 5.02 Å². The topological polar surface area (TPSA) is 126 Å². The van der Waals surface area contributed by atoms with Crippen LogP contribution in [0, 0.1) is 11.8 Å². The van der Waals surface area contributed by atoms with Gasteiger partial charge in [0.2, 0.25) is 0 Å². The van der Waals surface area contributed by atoms with E-state index in [1.54, 1.807) is 12.1 Å². The van der Waals surface area contributed by atoms with Crippen molar-refractivity contribution in [2.75, 3.05) is 6.61 Å². The minimum absolute atomic E-state index is 0.0295. The minimum Gasteiger partial charge on any atom is -0.463 e. The predicted molar refractivity (Wildman–Crippen MR) is 95.6 cm³/mol. The number of benzene rings is 1. The molecule has 1 saturated carbocycles. The number of aliphatic hydroxyl groups excluding tert-OH is 3. The zero-order valence-corrected chi connectivity index (χ0v) is 15.4. The van der Waals surface area contributed by atoms with Gasteiger partial charge in [0.05, 0.1) is 29.4 Å². The molecule has 1 unspecified atom stereocenters. The summed E-state index contributed by atoms with van der Waals surface area (Å²) in [4.78, 5) is 24.9. The van der Waals surface area contributed by atoms with Crippen LogP contribution >= 0.6 is 11.6 Å². The number of halogens is 1. The molecule has 2 heterocycles. The van der Waals surface area contributed by atoms with Crippen LogP contribution in [0.1, 0.15) is 23.2 Å². The summed E-state index contributed by atoms with van der Waals surface area (Å²) < 4.78 is 15.5. The molecule has 1 aliphatic heterocycles. The van der Waals surface area contributed by atoms with Crippen LogP contribution < -0.4 is 0 Å². The van der Waals surface area contributed by atoms with E-state index in [1.807, 2.05) is 0 Å². The molecule has 1 aromatic heterocycles. The SMILES string of the molecule is O=C(OC[C@@H]1C[C@H](O)[C@@H](O)C(O)O1)[C@H]1C[C@@H]1C(=O)c1cc(Cl)c2occc2c1. The van der Waals surface area contributed by atoms with Gasteiger partial charge in [-0.15, -0.1) is 0 Å². The Balaban J connectivity index is 1.33. The van der Waals surface area contributed by atoms with Gasteiger partial charge in [0.1, 0.15) is 12.7 Å². The van der Waals surface area contributed by atoms with E-state index in [-0.39, 0.29) is 18.8 Å². The monoisotopic (exact) mass is 410 g/mol. The molecule has 0 amide bonds. The fourth-order valence-electron chi connectivity index (χ4n) is 3.46. The number of esters is 1. The van der Waals surface area contributed by atoms with Crippen LogP contribution in [0.25, 0.3) is 11.0 Å². The number of ether oxygens (including phenoxy) is 2. The van der Waals surface area contributed by atoms with Gasteiger partial charge < -0.3 is 29.2 Å². The highest BCUT2D eigenvalue weighted by atomic mass is 35.5. The molecule has 8 nitrogen and oxygen atoms in total. The molecule has 4 rings (SSSR count). The lowest BCUT2D eigenvalue weighted by Gasteiger charge is -2.33. The van der Waals surface area contributed by atoms with Crippen molar-refractivity contribution >= 4 is 34.3 Å². The van der Waals surface area contributed by atoms with Gasteiger partial charge in [-0.25, -0.2) is 0 Å². The van der Waals surface area contributed by atoms with Gasteiger partial charge in [-0.2, -0.15) is 0 Å². The maximum atomic E-state index is 12.7. The molecule has 2 fully saturated rings. The van der Waals surface area contributed by atoms with Crippen molar-refractivity contribution in [3.05, 3.63) is 35.0 Å². The Morgan fingerprint density at radius 2 is 1.96 bits per heavy atom. The van der Waals surface area contributed by atoms with E-state index >= 15 is 0 Å². The van der Waals surface area contributed by atoms with Gasteiger partial charge >= 0.3 is 5.97 Å². The number of hydrogen-bond donors (Lipinski definition) is 3. The Morgan fingerprint density at radius 3 is 2.71 bits per heavy atom. The molecule has 6 atom stereocenters. The largest absolute Gasteiger partial charge is 0.463 e. The first-order valence-corrected chi connectivity index (χ1v) is 9.30. The molecule has 2 aromatic rings. The van der Waals surface area contributed by atoms with Crippen LogP contribution in [-0.4, -0.2) is 58.3 Å². The van der Waals surface area contributed by atoms with Crippen LogP contribution in [-0.2, 0) is 14.3 Å². The summed E-state index contributed by atoms with van der Waals surface area (Å²) in [7, 11) is 0. The van der Waals surface area contributed by atoms with Crippen molar-refractivity contribution in [2.45, 2.75) is 37.4 Å². The summed E-state index contributed by atoms with van der Waals surface area (Å²) >= 11 is 6.13. The lowest BCUT2D eigenvalue weighted by molar-refractivity contribution is -0.253. The Bertz CT molecular complexity index is 896. The molecular weight excluding hydrogens is 392 g/mol. The molecule has 28 heavy (non-hydrogen) atoms. The van der Waals surface area contributed by atoms with Gasteiger partial charge in [0, 0.05) is 23.3 Å². The Morgan fingerprint density at radius 1 is 1.18 bits per heavy atom. The Kier molecular flexibility index (Phi) is 5.15. The molecule has 1 aliphatic carbocycles. The van der Waals surface area contributed by atoms with Crippen molar-refractivity contribution in [1.29, 1.82) is 0 Å². The number of carbonyl (C=O) groups excluding carboxylic acids is 2. The van der Waals surface area contributed by atoms with Gasteiger partial charge in [-0.05, 0) is 24.6 Å². The van der Waals surface area contributed by atoms with E-state index in [0.717, 1.165) is 0 Å². The van der Waals surface area contributed by atoms with Gasteiger partial charge in [0.15, 0.2) is 17.7 Å². The molecule has 2 aliphatic rings. The minimum atomic E-state index is -1.54. The fraction of sp³-hybridized carbons (Fsp3) is 0.474. The smallest absolute Gasteiger partial charge is 0.309 e. The highest BCUT2D eigenvalue weighted by Gasteiger charge is 2.49. The molecule has 150 valence electrons. The summed E-state index contributed by atoms with van der Waals surface area (Å²) in [5.41, 5.74) is 0.919. The van der Waals surface area contributed by atoms with E-state index in [4.69, 9.17) is 25.5 Å². The van der Waals surface area contributed by atoms with Gasteiger partial charge in [-0.1, -0.05) is 11.6 Å². The summed E-state index contributed by atoms with van der Waals surface area (Å²) in [6, 6.07) is 4.92. The van der Waals surface area contributed by atoms with Gasteiger partial charge in [-0.3, -0.25) is 9.59 Å². The number of ketones is 1. The molecular formula is C19H19ClO8. The third-order valence-electron chi connectivity index (χ3n) is 5.15. The van der Waals surface area contributed by atoms with Crippen molar-refractivity contribution in [3.8, 4) is 0 Å². The number of Topliss-reactive ketones (excluding diaryl/α,β-unsaturated/α-hetero) is 1. The van der Waals surface area contributed by atoms with Crippen LogP contribution in [0.5, 0.6) is 0 Å². The lowest BCUT2D eigenvalue weighted by atomic mass is 10.0. The first-order valence-electron chi connectivity index (χ1n) is 8.92. The van der Waals surface area contributed by atoms with Crippen molar-refractivity contribution in [3.63, 3.8) is 0 Å². The summed E-state index contributed by atoms with van der Waals surface area (Å²) in [5.74, 6) is -1.74. The predicted octanol–water partition coefficient (Wildman–Crippen LogP) is 1.28. The van der Waals surface area contributed by atoms with Gasteiger partial charge in [0.25, 0.3) is 0 Å². The van der Waals surface area contributed by atoms with E-state index in [9.17, 15) is 24.9 Å². The molecule has 3 N–H and O–H groups in total. The van der Waals surface area contributed by atoms with Crippen LogP contribution in [0.4, 0.5) is 0 Å². The summed E-state index contributed by atoms with van der Waals surface area (Å²) in [5, 5.41) is 29.6. The van der Waals surface area contributed by atoms with Crippen molar-refractivity contribution < 1.29 is 38.8 Å². The van der Waals surface area contributed by atoms with E-state index in [1.165, 1.54) is 12.3 Å². The fourth-order valence-corrected chi connectivity index (χ4v) is 3.73. The first-order chi connectivity index (χ1) is 13.3. The number of aliphatic hydroxyl groups is 3. The highest BCUT2D eigenvalue weighted by Crippen LogP contribution is 2.43. The highest BCUT2D eigenvalue weighted by molar-refractivity contribution is 6.35. The van der Waals surface area contributed by atoms with Crippen molar-refractivity contribution in [2.24, 2.45) is 11.8 Å². The average molecular weight is 411 g/mol. The normalized spacial score (nSPS) is 32.3. The molecule has 0 bridgehead atoms. The number of fused-ring (bicyclic) bond motifs is 1. The molecule has 9 heteroatoms. The number of carbonyl (C=O) groups is 2. The van der Waals surface area contributed by atoms with E-state index in [0.29, 0.717) is 28.0 Å². The number of hydrogen-bond acceptors (Lipinski definition) is 8. The third kappa shape index (κ3) is 3.66. The zero-order chi connectivity index (χ0) is 20.0. The van der Waals surface area contributed by atoms with Crippen molar-refractivity contribution in [1.82, 2.24) is 0 Å². The Labute approximate surface area is 164 Å². The summed E-state index contributed by atoms with van der Waals surface area (Å²) in [6.45, 7) is -0.177. The standard InChI is InChI=1S/C19H19ClO8/c20-13-4-9(3-8-1-2-26-17(8)13)15(22)11-6-12(11)18(24)27-7-10-5-14(21)16(23)19(25)28-10/h1-4,10-12,14,16,19,21,23,25H,5-7H2/t10-,11-,12-,14-,16+,19?/m0/s1. The summed E-state index contributed by atoms with van der Waals surface area (Å²) in [6.07, 6.45) is -2.92. The molecule has 1 aromatic carbocycles. The average Bonchev–Trinajstić information content (AvgIpc) is 3.32. The van der Waals surface area contributed by atoms with E-state index < -0.39 is 42.4 Å². The zero-order valence-electron chi connectivity index (χ0n) is 14.7. The lowest BCUT2D eigenvalue weighted by Crippen LogP contribution is -2.49. The van der Waals surface area contributed by atoms with Crippen LogP contribution in [0.3, 0.4) is 0 Å². The third-order valence-corrected chi connectivity index (χ3v) is 5.44.